The van der Waals surface area contributed by atoms with Crippen LogP contribution in [0.15, 0.2) is 22.0 Å². The molecule has 0 aromatic rings. The molecule has 0 unspecified atom stereocenters. The lowest BCUT2D eigenvalue weighted by Crippen LogP contribution is -1.62. The van der Waals surface area contributed by atoms with E-state index in [0.29, 0.717) is 0 Å². The minimum absolute atomic E-state index is 1.15. The van der Waals surface area contributed by atoms with Crippen molar-refractivity contribution >= 4 is 23.5 Å². The van der Waals surface area contributed by atoms with Crippen LogP contribution in [0.1, 0.15) is 6.42 Å². The van der Waals surface area contributed by atoms with Crippen molar-refractivity contribution in [2.75, 3.05) is 12.5 Å². The van der Waals surface area contributed by atoms with Crippen LogP contribution in [0.2, 0.25) is 0 Å². The summed E-state index contributed by atoms with van der Waals surface area (Å²) in [6.07, 6.45) is 9.93. The van der Waals surface area contributed by atoms with Crippen molar-refractivity contribution in [3.8, 4) is 0 Å². The monoisotopic (exact) mass is 158 g/mol. The number of allylic oxidation sites excluding steroid dienone is 3. The van der Waals surface area contributed by atoms with Crippen LogP contribution in [0.4, 0.5) is 0 Å². The Labute approximate surface area is 64.8 Å². The molecule has 0 heterocycles. The number of thioether (sulfide) groups is 2. The van der Waals surface area contributed by atoms with Crippen molar-refractivity contribution in [3.63, 3.8) is 0 Å². The summed E-state index contributed by atoms with van der Waals surface area (Å²) in [6, 6.07) is 0. The Hall–Kier alpha value is 0.180. The van der Waals surface area contributed by atoms with E-state index in [4.69, 9.17) is 0 Å². The molecule has 9 heavy (non-hydrogen) atoms. The largest absolute Gasteiger partial charge is 0.134 e. The molecule has 0 radical (unpaired) electrons. The molecule has 50 valence electrons. The van der Waals surface area contributed by atoms with E-state index < -0.39 is 0 Å². The van der Waals surface area contributed by atoms with Gasteiger partial charge in [0.25, 0.3) is 0 Å². The van der Waals surface area contributed by atoms with Crippen LogP contribution in [0.25, 0.3) is 0 Å². The normalized spacial score (nSPS) is 17.6. The first-order valence-corrected chi connectivity index (χ1v) is 5.30. The molecule has 0 atom stereocenters. The molecule has 0 saturated heterocycles. The highest BCUT2D eigenvalue weighted by Gasteiger charge is 2.02. The van der Waals surface area contributed by atoms with Gasteiger partial charge in [0, 0.05) is 4.91 Å². The van der Waals surface area contributed by atoms with Crippen molar-refractivity contribution in [2.24, 2.45) is 0 Å². The van der Waals surface area contributed by atoms with Crippen LogP contribution >= 0.6 is 23.5 Å². The molecule has 1 aliphatic rings. The lowest BCUT2D eigenvalue weighted by Gasteiger charge is -1.89. The van der Waals surface area contributed by atoms with E-state index in [9.17, 15) is 0 Å². The Balaban J connectivity index is 2.52. The fourth-order valence-electron chi connectivity index (χ4n) is 0.762. The summed E-state index contributed by atoms with van der Waals surface area (Å²) in [5, 5.41) is 0. The Kier molecular flexibility index (Phi) is 2.73. The third-order valence-electron chi connectivity index (χ3n) is 1.31. The van der Waals surface area contributed by atoms with E-state index >= 15 is 0 Å². The van der Waals surface area contributed by atoms with Crippen molar-refractivity contribution in [1.82, 2.24) is 0 Å². The molecule has 0 aliphatic heterocycles. The molecular formula is C7H10S2. The minimum Gasteiger partial charge on any atom is -0.134 e. The highest BCUT2D eigenvalue weighted by Crippen LogP contribution is 2.29. The standard InChI is InChI=1S/C7H10S2/c1-8-6-3-4-7(5-6)9-2/h3,5H,4H2,1-2H3. The molecule has 0 aromatic heterocycles. The molecule has 0 nitrogen and oxygen atoms in total. The number of rotatable bonds is 2. The lowest BCUT2D eigenvalue weighted by atomic mass is 10.5. The summed E-state index contributed by atoms with van der Waals surface area (Å²) < 4.78 is 0. The zero-order valence-corrected chi connectivity index (χ0v) is 7.31. The molecule has 0 saturated carbocycles. The molecule has 0 amide bonds. The van der Waals surface area contributed by atoms with Crippen molar-refractivity contribution in [3.05, 3.63) is 22.0 Å². The Morgan fingerprint density at radius 3 is 2.44 bits per heavy atom. The Morgan fingerprint density at radius 1 is 1.33 bits per heavy atom. The molecule has 0 bridgehead atoms. The zero-order valence-electron chi connectivity index (χ0n) is 5.68. The van der Waals surface area contributed by atoms with Crippen LogP contribution in [0, 0.1) is 0 Å². The van der Waals surface area contributed by atoms with Gasteiger partial charge >= 0.3 is 0 Å². The highest BCUT2D eigenvalue weighted by atomic mass is 32.2. The second-order valence-corrected chi connectivity index (χ2v) is 3.64. The smallest absolute Gasteiger partial charge is 0.00407 e. The average molecular weight is 158 g/mol. The fraction of sp³-hybridized carbons (Fsp3) is 0.429. The molecule has 0 aromatic carbocycles. The molecule has 0 spiro atoms. The average Bonchev–Trinajstić information content (AvgIpc) is 2.34. The predicted molar refractivity (Wildman–Crippen MR) is 47.8 cm³/mol. The van der Waals surface area contributed by atoms with E-state index in [1.807, 2.05) is 23.5 Å². The summed E-state index contributed by atoms with van der Waals surface area (Å²) in [5.74, 6) is 0. The van der Waals surface area contributed by atoms with E-state index in [1.165, 1.54) is 9.81 Å². The van der Waals surface area contributed by atoms with E-state index in [2.05, 4.69) is 24.7 Å². The second-order valence-electron chi connectivity index (χ2n) is 1.83. The Morgan fingerprint density at radius 2 is 2.11 bits per heavy atom. The van der Waals surface area contributed by atoms with Gasteiger partial charge in [-0.3, -0.25) is 0 Å². The lowest BCUT2D eigenvalue weighted by molar-refractivity contribution is 1.41. The molecular weight excluding hydrogens is 148 g/mol. The van der Waals surface area contributed by atoms with Gasteiger partial charge in [-0.1, -0.05) is 6.08 Å². The number of hydrogen-bond donors (Lipinski definition) is 0. The van der Waals surface area contributed by atoms with Crippen molar-refractivity contribution in [2.45, 2.75) is 6.42 Å². The molecule has 0 N–H and O–H groups in total. The molecule has 0 fully saturated rings. The van der Waals surface area contributed by atoms with Gasteiger partial charge in [-0.25, -0.2) is 0 Å². The van der Waals surface area contributed by atoms with E-state index in [0.717, 1.165) is 6.42 Å². The Bertz CT molecular complexity index is 156. The van der Waals surface area contributed by atoms with Gasteiger partial charge in [0.1, 0.15) is 0 Å². The molecule has 2 heteroatoms. The summed E-state index contributed by atoms with van der Waals surface area (Å²) >= 11 is 3.67. The van der Waals surface area contributed by atoms with Gasteiger partial charge < -0.3 is 0 Å². The summed E-state index contributed by atoms with van der Waals surface area (Å²) in [5.41, 5.74) is 0. The van der Waals surface area contributed by atoms with E-state index in [-0.39, 0.29) is 0 Å². The SMILES string of the molecule is CSC1=CCC(SC)=C1. The van der Waals surface area contributed by atoms with Crippen molar-refractivity contribution in [1.29, 1.82) is 0 Å². The van der Waals surface area contributed by atoms with Crippen LogP contribution in [0.3, 0.4) is 0 Å². The molecule has 1 aliphatic carbocycles. The topological polar surface area (TPSA) is 0 Å². The summed E-state index contributed by atoms with van der Waals surface area (Å²) in [6.45, 7) is 0. The maximum atomic E-state index is 2.27. The summed E-state index contributed by atoms with van der Waals surface area (Å²) in [7, 11) is 0. The van der Waals surface area contributed by atoms with Crippen LogP contribution in [-0.2, 0) is 0 Å². The second kappa shape index (κ2) is 3.37. The fourth-order valence-corrected chi connectivity index (χ4v) is 1.84. The third-order valence-corrected chi connectivity index (χ3v) is 2.87. The first-order valence-electron chi connectivity index (χ1n) is 2.85. The van der Waals surface area contributed by atoms with Gasteiger partial charge in [0.2, 0.25) is 0 Å². The van der Waals surface area contributed by atoms with E-state index in [1.54, 1.807) is 0 Å². The summed E-state index contributed by atoms with van der Waals surface area (Å²) in [4.78, 5) is 2.90. The predicted octanol–water partition coefficient (Wildman–Crippen LogP) is 2.88. The van der Waals surface area contributed by atoms with Gasteiger partial charge in [-0.05, 0) is 29.9 Å². The first-order chi connectivity index (χ1) is 4.36. The molecule has 1 rings (SSSR count). The van der Waals surface area contributed by atoms with Gasteiger partial charge in [0.05, 0.1) is 0 Å². The van der Waals surface area contributed by atoms with Crippen LogP contribution < -0.4 is 0 Å². The third kappa shape index (κ3) is 1.80. The van der Waals surface area contributed by atoms with Gasteiger partial charge in [-0.15, -0.1) is 23.5 Å². The maximum absolute atomic E-state index is 2.27. The first kappa shape index (κ1) is 7.29. The van der Waals surface area contributed by atoms with Gasteiger partial charge in [0.15, 0.2) is 0 Å². The van der Waals surface area contributed by atoms with Gasteiger partial charge in [-0.2, -0.15) is 0 Å². The maximum Gasteiger partial charge on any atom is 0.00407 e. The number of hydrogen-bond acceptors (Lipinski definition) is 2. The van der Waals surface area contributed by atoms with Crippen LogP contribution in [-0.4, -0.2) is 12.5 Å². The minimum atomic E-state index is 1.15. The van der Waals surface area contributed by atoms with Crippen LogP contribution in [0.5, 0.6) is 0 Å². The highest BCUT2D eigenvalue weighted by molar-refractivity contribution is 8.03. The van der Waals surface area contributed by atoms with Crippen molar-refractivity contribution < 1.29 is 0 Å². The quantitative estimate of drug-likeness (QED) is 0.606. The zero-order chi connectivity index (χ0) is 6.69.